The first-order valence-electron chi connectivity index (χ1n) is 6.44. The van der Waals surface area contributed by atoms with Crippen LogP contribution in [0.2, 0.25) is 0 Å². The van der Waals surface area contributed by atoms with Gasteiger partial charge in [-0.25, -0.2) is 4.79 Å². The second kappa shape index (κ2) is 5.46. The van der Waals surface area contributed by atoms with Crippen molar-refractivity contribution in [3.63, 3.8) is 0 Å². The van der Waals surface area contributed by atoms with Crippen LogP contribution in [0.1, 0.15) is 13.3 Å². The van der Waals surface area contributed by atoms with Crippen LogP contribution in [-0.2, 0) is 0 Å². The highest BCUT2D eigenvalue weighted by atomic mass is 16.6. The number of non-ortho nitro benzene ring substituents is 1. The molecule has 1 saturated heterocycles. The van der Waals surface area contributed by atoms with Gasteiger partial charge in [0.1, 0.15) is 0 Å². The predicted octanol–water partition coefficient (Wildman–Crippen LogP) is 1.80. The molecule has 0 radical (unpaired) electrons. The number of hydrogen-bond donors (Lipinski definition) is 2. The zero-order chi connectivity index (χ0) is 14.8. The van der Waals surface area contributed by atoms with E-state index < -0.39 is 4.92 Å². The van der Waals surface area contributed by atoms with Gasteiger partial charge in [-0.2, -0.15) is 0 Å². The lowest BCUT2D eigenvalue weighted by Gasteiger charge is -2.22. The quantitative estimate of drug-likeness (QED) is 0.650. The van der Waals surface area contributed by atoms with Crippen LogP contribution in [0.15, 0.2) is 24.3 Å². The minimum Gasteiger partial charge on any atom is -0.330 e. The van der Waals surface area contributed by atoms with E-state index in [0.29, 0.717) is 25.3 Å². The summed E-state index contributed by atoms with van der Waals surface area (Å²) in [6.07, 6.45) is 0.886. The molecule has 2 amide bonds. The van der Waals surface area contributed by atoms with Gasteiger partial charge in [0, 0.05) is 30.9 Å². The van der Waals surface area contributed by atoms with Crippen LogP contribution >= 0.6 is 0 Å². The highest BCUT2D eigenvalue weighted by Crippen LogP contribution is 2.28. The van der Waals surface area contributed by atoms with E-state index in [1.54, 1.807) is 4.90 Å². The number of anilines is 1. The van der Waals surface area contributed by atoms with Crippen LogP contribution in [-0.4, -0.2) is 35.5 Å². The summed E-state index contributed by atoms with van der Waals surface area (Å²) in [7, 11) is 0. The number of benzene rings is 1. The maximum atomic E-state index is 12.1. The average Bonchev–Trinajstić information content (AvgIpc) is 2.83. The second-order valence-corrected chi connectivity index (χ2v) is 5.42. The van der Waals surface area contributed by atoms with Crippen LogP contribution < -0.4 is 11.1 Å². The molecule has 1 aromatic carbocycles. The van der Waals surface area contributed by atoms with Gasteiger partial charge in [-0.15, -0.1) is 0 Å². The van der Waals surface area contributed by atoms with E-state index in [2.05, 4.69) is 12.2 Å². The number of carbonyl (C=O) groups excluding carboxylic acids is 1. The van der Waals surface area contributed by atoms with E-state index in [1.807, 2.05) is 0 Å². The molecule has 0 aromatic heterocycles. The Morgan fingerprint density at radius 2 is 2.15 bits per heavy atom. The van der Waals surface area contributed by atoms with Crippen LogP contribution in [0.4, 0.5) is 16.2 Å². The van der Waals surface area contributed by atoms with Crippen molar-refractivity contribution in [1.82, 2.24) is 4.90 Å². The van der Waals surface area contributed by atoms with Gasteiger partial charge < -0.3 is 16.0 Å². The number of rotatable bonds is 3. The van der Waals surface area contributed by atoms with Crippen molar-refractivity contribution < 1.29 is 9.72 Å². The molecule has 1 atom stereocenters. The van der Waals surface area contributed by atoms with Crippen molar-refractivity contribution in [3.8, 4) is 0 Å². The molecule has 3 N–H and O–H groups in total. The van der Waals surface area contributed by atoms with Crippen molar-refractivity contribution in [3.05, 3.63) is 34.4 Å². The molecule has 20 heavy (non-hydrogen) atoms. The fourth-order valence-corrected chi connectivity index (χ4v) is 2.23. The monoisotopic (exact) mass is 278 g/mol. The Balaban J connectivity index is 1.97. The van der Waals surface area contributed by atoms with Crippen LogP contribution in [0, 0.1) is 15.5 Å². The third kappa shape index (κ3) is 3.05. The van der Waals surface area contributed by atoms with Gasteiger partial charge >= 0.3 is 6.03 Å². The molecule has 1 aliphatic heterocycles. The van der Waals surface area contributed by atoms with Gasteiger partial charge in [-0.3, -0.25) is 10.1 Å². The molecule has 7 heteroatoms. The zero-order valence-corrected chi connectivity index (χ0v) is 11.3. The first kappa shape index (κ1) is 14.3. The van der Waals surface area contributed by atoms with Crippen LogP contribution in [0.5, 0.6) is 0 Å². The maximum Gasteiger partial charge on any atom is 0.321 e. The SMILES string of the molecule is CC1(CN)CCN(C(=O)Nc2ccc([N+](=O)[O-])cc2)C1. The molecule has 1 aromatic rings. The summed E-state index contributed by atoms with van der Waals surface area (Å²) >= 11 is 0. The summed E-state index contributed by atoms with van der Waals surface area (Å²) < 4.78 is 0. The Morgan fingerprint density at radius 3 is 2.65 bits per heavy atom. The van der Waals surface area contributed by atoms with Gasteiger partial charge in [0.25, 0.3) is 5.69 Å². The number of hydrogen-bond acceptors (Lipinski definition) is 4. The number of nitro groups is 1. The molecule has 7 nitrogen and oxygen atoms in total. The Bertz CT molecular complexity index is 517. The fraction of sp³-hybridized carbons (Fsp3) is 0.462. The second-order valence-electron chi connectivity index (χ2n) is 5.42. The molecule has 108 valence electrons. The third-order valence-electron chi connectivity index (χ3n) is 3.67. The van der Waals surface area contributed by atoms with Gasteiger partial charge in [-0.1, -0.05) is 6.92 Å². The Hall–Kier alpha value is -2.15. The number of amides is 2. The number of nitrogens with one attached hydrogen (secondary N) is 1. The van der Waals surface area contributed by atoms with E-state index in [9.17, 15) is 14.9 Å². The molecular weight excluding hydrogens is 260 g/mol. The molecule has 1 aliphatic rings. The lowest BCUT2D eigenvalue weighted by molar-refractivity contribution is -0.384. The largest absolute Gasteiger partial charge is 0.330 e. The average molecular weight is 278 g/mol. The topological polar surface area (TPSA) is 102 Å². The molecule has 2 rings (SSSR count). The summed E-state index contributed by atoms with van der Waals surface area (Å²) in [5.74, 6) is 0. The van der Waals surface area contributed by atoms with E-state index >= 15 is 0 Å². The minimum absolute atomic E-state index is 0.000113. The zero-order valence-electron chi connectivity index (χ0n) is 11.3. The number of urea groups is 1. The molecule has 0 saturated carbocycles. The lowest BCUT2D eigenvalue weighted by Crippen LogP contribution is -2.36. The number of carbonyl (C=O) groups is 1. The molecule has 0 aliphatic carbocycles. The summed E-state index contributed by atoms with van der Waals surface area (Å²) in [6.45, 7) is 3.91. The highest BCUT2D eigenvalue weighted by Gasteiger charge is 2.34. The van der Waals surface area contributed by atoms with Gasteiger partial charge in [0.15, 0.2) is 0 Å². The standard InChI is InChI=1S/C13H18N4O3/c1-13(8-14)6-7-16(9-13)12(18)15-10-2-4-11(5-3-10)17(19)20/h2-5H,6-9,14H2,1H3,(H,15,18). The van der Waals surface area contributed by atoms with Crippen molar-refractivity contribution >= 4 is 17.4 Å². The smallest absolute Gasteiger partial charge is 0.321 e. The molecule has 0 bridgehead atoms. The number of nitrogens with two attached hydrogens (primary N) is 1. The van der Waals surface area contributed by atoms with Crippen molar-refractivity contribution in [1.29, 1.82) is 0 Å². The van der Waals surface area contributed by atoms with Crippen molar-refractivity contribution in [2.24, 2.45) is 11.1 Å². The van der Waals surface area contributed by atoms with E-state index in [0.717, 1.165) is 6.42 Å². The summed E-state index contributed by atoms with van der Waals surface area (Å²) in [4.78, 5) is 23.9. The fourth-order valence-electron chi connectivity index (χ4n) is 2.23. The van der Waals surface area contributed by atoms with Crippen LogP contribution in [0.3, 0.4) is 0 Å². The number of nitrogens with zero attached hydrogens (tertiary/aromatic N) is 2. The molecular formula is C13H18N4O3. The highest BCUT2D eigenvalue weighted by molar-refractivity contribution is 5.89. The van der Waals surface area contributed by atoms with Gasteiger partial charge in [0.2, 0.25) is 0 Å². The molecule has 1 heterocycles. The molecule has 0 spiro atoms. The molecule has 1 fully saturated rings. The molecule has 1 unspecified atom stereocenters. The number of nitro benzene ring substituents is 1. The van der Waals surface area contributed by atoms with Crippen molar-refractivity contribution in [2.45, 2.75) is 13.3 Å². The van der Waals surface area contributed by atoms with E-state index in [-0.39, 0.29) is 17.1 Å². The first-order valence-corrected chi connectivity index (χ1v) is 6.44. The Morgan fingerprint density at radius 1 is 1.50 bits per heavy atom. The van der Waals surface area contributed by atoms with Crippen molar-refractivity contribution in [2.75, 3.05) is 25.0 Å². The summed E-state index contributed by atoms with van der Waals surface area (Å²) in [5.41, 5.74) is 6.23. The Kier molecular flexibility index (Phi) is 3.89. The Labute approximate surface area is 116 Å². The summed E-state index contributed by atoms with van der Waals surface area (Å²) in [5, 5.41) is 13.3. The van der Waals surface area contributed by atoms with E-state index in [4.69, 9.17) is 5.73 Å². The first-order chi connectivity index (χ1) is 9.43. The third-order valence-corrected chi connectivity index (χ3v) is 3.67. The normalized spacial score (nSPS) is 21.8. The maximum absolute atomic E-state index is 12.1. The predicted molar refractivity (Wildman–Crippen MR) is 75.5 cm³/mol. The van der Waals surface area contributed by atoms with E-state index in [1.165, 1.54) is 24.3 Å². The number of likely N-dealkylation sites (tertiary alicyclic amines) is 1. The van der Waals surface area contributed by atoms with Crippen LogP contribution in [0.25, 0.3) is 0 Å². The summed E-state index contributed by atoms with van der Waals surface area (Å²) in [6, 6.07) is 5.58. The van der Waals surface area contributed by atoms with Gasteiger partial charge in [-0.05, 0) is 30.5 Å². The lowest BCUT2D eigenvalue weighted by atomic mass is 9.90. The minimum atomic E-state index is -0.473. The van der Waals surface area contributed by atoms with Gasteiger partial charge in [0.05, 0.1) is 4.92 Å².